The first-order chi connectivity index (χ1) is 7.47. The molecule has 1 aromatic rings. The molecule has 0 bridgehead atoms. The third-order valence-electron chi connectivity index (χ3n) is 2.07. The number of hydrogen-bond donors (Lipinski definition) is 3. The van der Waals surface area contributed by atoms with E-state index in [-0.39, 0.29) is 11.1 Å². The summed E-state index contributed by atoms with van der Waals surface area (Å²) in [6.07, 6.45) is 0. The normalized spacial score (nSPS) is 12.1. The maximum absolute atomic E-state index is 10.7. The fourth-order valence-electron chi connectivity index (χ4n) is 1.25. The van der Waals surface area contributed by atoms with Crippen molar-refractivity contribution in [3.63, 3.8) is 0 Å². The van der Waals surface area contributed by atoms with Gasteiger partial charge in [-0.1, -0.05) is 0 Å². The third kappa shape index (κ3) is 2.33. The summed E-state index contributed by atoms with van der Waals surface area (Å²) in [7, 11) is 0. The van der Waals surface area contributed by atoms with Gasteiger partial charge < -0.3 is 15.9 Å². The van der Waals surface area contributed by atoms with Crippen LogP contribution in [0, 0.1) is 10.1 Å². The summed E-state index contributed by atoms with van der Waals surface area (Å²) in [4.78, 5) is 20.6. The Morgan fingerprint density at radius 3 is 2.62 bits per heavy atom. The van der Waals surface area contributed by atoms with Crippen molar-refractivity contribution in [1.29, 1.82) is 0 Å². The number of nitro benzene ring substituents is 1. The summed E-state index contributed by atoms with van der Waals surface area (Å²) in [5, 5.41) is 28.2. The van der Waals surface area contributed by atoms with E-state index in [1.807, 2.05) is 0 Å². The molecule has 86 valence electrons. The van der Waals surface area contributed by atoms with E-state index in [2.05, 4.69) is 0 Å². The SMILES string of the molecule is N[C@@H](CO)c1ccc(C(=O)O)cc1[N+](=O)[O-]. The van der Waals surface area contributed by atoms with Gasteiger partial charge in [0.15, 0.2) is 0 Å². The summed E-state index contributed by atoms with van der Waals surface area (Å²) in [6, 6.07) is 2.47. The molecule has 0 fully saturated rings. The van der Waals surface area contributed by atoms with Gasteiger partial charge in [-0.05, 0) is 12.1 Å². The lowest BCUT2D eigenvalue weighted by atomic mass is 10.0. The van der Waals surface area contributed by atoms with Gasteiger partial charge in [0.05, 0.1) is 23.1 Å². The Morgan fingerprint density at radius 2 is 2.19 bits per heavy atom. The van der Waals surface area contributed by atoms with Crippen LogP contribution in [-0.4, -0.2) is 27.7 Å². The summed E-state index contributed by atoms with van der Waals surface area (Å²) < 4.78 is 0. The highest BCUT2D eigenvalue weighted by Gasteiger charge is 2.20. The van der Waals surface area contributed by atoms with Crippen molar-refractivity contribution >= 4 is 11.7 Å². The number of carboxylic acid groups (broad SMARTS) is 1. The molecule has 1 atom stereocenters. The summed E-state index contributed by atoms with van der Waals surface area (Å²) >= 11 is 0. The average molecular weight is 226 g/mol. The van der Waals surface area contributed by atoms with E-state index in [1.54, 1.807) is 0 Å². The van der Waals surface area contributed by atoms with E-state index < -0.39 is 29.2 Å². The first-order valence-electron chi connectivity index (χ1n) is 4.35. The van der Waals surface area contributed by atoms with Crippen molar-refractivity contribution in [1.82, 2.24) is 0 Å². The quantitative estimate of drug-likeness (QED) is 0.500. The minimum absolute atomic E-state index is 0.109. The van der Waals surface area contributed by atoms with Gasteiger partial charge in [-0.15, -0.1) is 0 Å². The summed E-state index contributed by atoms with van der Waals surface area (Å²) in [5.41, 5.74) is 4.97. The van der Waals surface area contributed by atoms with Crippen molar-refractivity contribution in [3.8, 4) is 0 Å². The smallest absolute Gasteiger partial charge is 0.335 e. The molecule has 0 heterocycles. The van der Waals surface area contributed by atoms with Gasteiger partial charge in [-0.25, -0.2) is 4.79 Å². The van der Waals surface area contributed by atoms with Gasteiger partial charge in [-0.3, -0.25) is 10.1 Å². The van der Waals surface area contributed by atoms with Crippen LogP contribution >= 0.6 is 0 Å². The minimum atomic E-state index is -1.26. The molecule has 0 unspecified atom stereocenters. The number of nitrogens with zero attached hydrogens (tertiary/aromatic N) is 1. The topological polar surface area (TPSA) is 127 Å². The Balaban J connectivity index is 3.30. The Morgan fingerprint density at radius 1 is 1.56 bits per heavy atom. The molecule has 0 radical (unpaired) electrons. The molecule has 0 aliphatic carbocycles. The second kappa shape index (κ2) is 4.69. The number of aliphatic hydroxyl groups excluding tert-OH is 1. The van der Waals surface area contributed by atoms with E-state index in [9.17, 15) is 14.9 Å². The van der Waals surface area contributed by atoms with Crippen LogP contribution in [0.4, 0.5) is 5.69 Å². The van der Waals surface area contributed by atoms with Crippen LogP contribution in [0.15, 0.2) is 18.2 Å². The zero-order valence-corrected chi connectivity index (χ0v) is 8.16. The molecule has 4 N–H and O–H groups in total. The molecule has 0 spiro atoms. The second-order valence-electron chi connectivity index (χ2n) is 3.12. The largest absolute Gasteiger partial charge is 0.478 e. The molecule has 0 aromatic heterocycles. The zero-order chi connectivity index (χ0) is 12.3. The van der Waals surface area contributed by atoms with Crippen LogP contribution in [0.25, 0.3) is 0 Å². The summed E-state index contributed by atoms with van der Waals surface area (Å²) in [6.45, 7) is -0.451. The highest BCUT2D eigenvalue weighted by atomic mass is 16.6. The van der Waals surface area contributed by atoms with E-state index in [0.29, 0.717) is 0 Å². The average Bonchev–Trinajstić information content (AvgIpc) is 2.26. The fraction of sp³-hybridized carbons (Fsp3) is 0.222. The van der Waals surface area contributed by atoms with E-state index in [0.717, 1.165) is 6.07 Å². The number of aromatic carboxylic acids is 1. The van der Waals surface area contributed by atoms with Crippen LogP contribution in [0.5, 0.6) is 0 Å². The molecule has 0 saturated heterocycles. The number of carbonyl (C=O) groups is 1. The number of benzene rings is 1. The molecular weight excluding hydrogens is 216 g/mol. The lowest BCUT2D eigenvalue weighted by Crippen LogP contribution is -2.16. The predicted octanol–water partition coefficient (Wildman–Crippen LogP) is 0.285. The lowest BCUT2D eigenvalue weighted by Gasteiger charge is -2.09. The number of carboxylic acids is 1. The molecule has 1 rings (SSSR count). The molecule has 0 amide bonds. The third-order valence-corrected chi connectivity index (χ3v) is 2.07. The standard InChI is InChI=1S/C9H10N2O5/c10-7(4-12)6-2-1-5(9(13)14)3-8(6)11(15)16/h1-3,7,12H,4,10H2,(H,13,14)/t7-/m0/s1. The van der Waals surface area contributed by atoms with Crippen LogP contribution in [-0.2, 0) is 0 Å². The molecule has 0 aliphatic rings. The number of nitro groups is 1. The number of aliphatic hydroxyl groups is 1. The molecule has 7 heteroatoms. The van der Waals surface area contributed by atoms with Gasteiger partial charge in [-0.2, -0.15) is 0 Å². The monoisotopic (exact) mass is 226 g/mol. The van der Waals surface area contributed by atoms with Crippen LogP contribution < -0.4 is 5.73 Å². The molecule has 0 saturated carbocycles. The van der Waals surface area contributed by atoms with Gasteiger partial charge >= 0.3 is 5.97 Å². The first kappa shape index (κ1) is 12.1. The maximum atomic E-state index is 10.7. The predicted molar refractivity (Wildman–Crippen MR) is 54.1 cm³/mol. The Kier molecular flexibility index (Phi) is 3.54. The Bertz CT molecular complexity index is 432. The molecule has 1 aromatic carbocycles. The molecule has 16 heavy (non-hydrogen) atoms. The first-order valence-corrected chi connectivity index (χ1v) is 4.35. The number of hydrogen-bond acceptors (Lipinski definition) is 5. The van der Waals surface area contributed by atoms with Crippen molar-refractivity contribution in [2.45, 2.75) is 6.04 Å². The number of nitrogens with two attached hydrogens (primary N) is 1. The maximum Gasteiger partial charge on any atom is 0.335 e. The lowest BCUT2D eigenvalue weighted by molar-refractivity contribution is -0.385. The molecular formula is C9H10N2O5. The molecule has 0 aliphatic heterocycles. The van der Waals surface area contributed by atoms with Gasteiger partial charge in [0, 0.05) is 11.6 Å². The Hall–Kier alpha value is -1.99. The van der Waals surface area contributed by atoms with Crippen LogP contribution in [0.2, 0.25) is 0 Å². The minimum Gasteiger partial charge on any atom is -0.478 e. The van der Waals surface area contributed by atoms with E-state index in [4.69, 9.17) is 15.9 Å². The van der Waals surface area contributed by atoms with Crippen LogP contribution in [0.3, 0.4) is 0 Å². The number of rotatable bonds is 4. The fourth-order valence-corrected chi connectivity index (χ4v) is 1.25. The van der Waals surface area contributed by atoms with Crippen molar-refractivity contribution < 1.29 is 19.9 Å². The zero-order valence-electron chi connectivity index (χ0n) is 8.16. The second-order valence-corrected chi connectivity index (χ2v) is 3.12. The molecule has 7 nitrogen and oxygen atoms in total. The van der Waals surface area contributed by atoms with Gasteiger partial charge in [0.1, 0.15) is 0 Å². The van der Waals surface area contributed by atoms with E-state index in [1.165, 1.54) is 12.1 Å². The van der Waals surface area contributed by atoms with Crippen molar-refractivity contribution in [3.05, 3.63) is 39.4 Å². The highest BCUT2D eigenvalue weighted by Crippen LogP contribution is 2.24. The van der Waals surface area contributed by atoms with Gasteiger partial charge in [0.25, 0.3) is 5.69 Å². The Labute approximate surface area is 90.3 Å². The summed E-state index contributed by atoms with van der Waals surface area (Å²) in [5.74, 6) is -1.26. The highest BCUT2D eigenvalue weighted by molar-refractivity contribution is 5.88. The van der Waals surface area contributed by atoms with Crippen LogP contribution in [0.1, 0.15) is 22.0 Å². The van der Waals surface area contributed by atoms with E-state index >= 15 is 0 Å². The van der Waals surface area contributed by atoms with Gasteiger partial charge in [0.2, 0.25) is 0 Å². The van der Waals surface area contributed by atoms with Crippen molar-refractivity contribution in [2.24, 2.45) is 5.73 Å². The van der Waals surface area contributed by atoms with Crippen molar-refractivity contribution in [2.75, 3.05) is 6.61 Å².